The van der Waals surface area contributed by atoms with Crippen molar-refractivity contribution in [3.8, 4) is 0 Å². The quantitative estimate of drug-likeness (QED) is 0.423. The second kappa shape index (κ2) is 9.88. The molecule has 0 spiro atoms. The van der Waals surface area contributed by atoms with E-state index in [9.17, 15) is 24.1 Å². The molecule has 0 bridgehead atoms. The van der Waals surface area contributed by atoms with Gasteiger partial charge in [-0.1, -0.05) is 35.9 Å². The number of nitrogens with zero attached hydrogens (tertiary/aromatic N) is 3. The van der Waals surface area contributed by atoms with Gasteiger partial charge >= 0.3 is 0 Å². The normalized spacial score (nSPS) is 13.5. The van der Waals surface area contributed by atoms with E-state index in [4.69, 9.17) is 11.6 Å². The van der Waals surface area contributed by atoms with Gasteiger partial charge in [-0.3, -0.25) is 19.7 Å². The molecule has 1 aliphatic heterocycles. The van der Waals surface area contributed by atoms with E-state index in [-0.39, 0.29) is 28.0 Å². The van der Waals surface area contributed by atoms with Gasteiger partial charge in [0.25, 0.3) is 17.5 Å². The molecule has 34 heavy (non-hydrogen) atoms. The van der Waals surface area contributed by atoms with Crippen molar-refractivity contribution in [3.63, 3.8) is 0 Å². The summed E-state index contributed by atoms with van der Waals surface area (Å²) in [6.45, 7) is 1.73. The Kier molecular flexibility index (Phi) is 6.74. The number of halogens is 2. The van der Waals surface area contributed by atoms with Crippen LogP contribution in [0.1, 0.15) is 20.7 Å². The largest absolute Gasteiger partial charge is 0.366 e. The van der Waals surface area contributed by atoms with Gasteiger partial charge in [-0.15, -0.1) is 0 Å². The summed E-state index contributed by atoms with van der Waals surface area (Å²) in [5.41, 5.74) is 0.915. The van der Waals surface area contributed by atoms with Crippen molar-refractivity contribution in [1.29, 1.82) is 0 Å². The number of carbonyl (C=O) groups excluding carboxylic acids is 2. The molecule has 174 valence electrons. The summed E-state index contributed by atoms with van der Waals surface area (Å²) in [4.78, 5) is 39.8. The summed E-state index contributed by atoms with van der Waals surface area (Å²) in [5, 5.41) is 13.5. The lowest BCUT2D eigenvalue weighted by molar-refractivity contribution is -0.384. The van der Waals surface area contributed by atoms with Crippen molar-refractivity contribution in [2.45, 2.75) is 0 Å². The minimum Gasteiger partial charge on any atom is -0.366 e. The standard InChI is InChI=1S/C24H20ClFN4O4/c25-19-15-16(30(33)34)9-10-17(19)23(31)27-21-7-3-1-5-18(21)24(32)29-13-11-28(12-14-29)22-8-4-2-6-20(22)26/h1-10,15H,11-14H2,(H,27,31). The van der Waals surface area contributed by atoms with E-state index in [0.29, 0.717) is 43.1 Å². The maximum Gasteiger partial charge on any atom is 0.270 e. The maximum absolute atomic E-state index is 14.1. The number of nitrogens with one attached hydrogen (secondary N) is 1. The average molecular weight is 483 g/mol. The highest BCUT2D eigenvalue weighted by Crippen LogP contribution is 2.26. The van der Waals surface area contributed by atoms with E-state index in [0.717, 1.165) is 6.07 Å². The molecular formula is C24H20ClFN4O4. The Hall–Kier alpha value is -3.98. The number of anilines is 2. The van der Waals surface area contributed by atoms with E-state index in [2.05, 4.69) is 5.32 Å². The molecule has 4 rings (SSSR count). The number of non-ortho nitro benzene ring substituents is 1. The molecule has 0 radical (unpaired) electrons. The third-order valence-corrected chi connectivity index (χ3v) is 5.89. The zero-order valence-electron chi connectivity index (χ0n) is 17.9. The second-order valence-electron chi connectivity index (χ2n) is 7.65. The van der Waals surface area contributed by atoms with E-state index in [1.54, 1.807) is 47.4 Å². The summed E-state index contributed by atoms with van der Waals surface area (Å²) >= 11 is 6.06. The van der Waals surface area contributed by atoms with Crippen LogP contribution >= 0.6 is 11.6 Å². The first kappa shape index (κ1) is 23.2. The lowest BCUT2D eigenvalue weighted by atomic mass is 10.1. The summed E-state index contributed by atoms with van der Waals surface area (Å²) < 4.78 is 14.1. The Balaban J connectivity index is 1.47. The highest BCUT2D eigenvalue weighted by atomic mass is 35.5. The number of benzene rings is 3. The van der Waals surface area contributed by atoms with E-state index >= 15 is 0 Å². The molecule has 1 fully saturated rings. The average Bonchev–Trinajstić information content (AvgIpc) is 2.84. The Morgan fingerprint density at radius 2 is 1.62 bits per heavy atom. The summed E-state index contributed by atoms with van der Waals surface area (Å²) in [7, 11) is 0. The first-order chi connectivity index (χ1) is 16.3. The first-order valence-corrected chi connectivity index (χ1v) is 10.9. The van der Waals surface area contributed by atoms with Crippen LogP contribution in [0.2, 0.25) is 5.02 Å². The molecular weight excluding hydrogens is 463 g/mol. The predicted octanol–water partition coefficient (Wildman–Crippen LogP) is 4.60. The molecule has 10 heteroatoms. The van der Waals surface area contributed by atoms with Crippen molar-refractivity contribution in [1.82, 2.24) is 4.90 Å². The minimum absolute atomic E-state index is 0.0491. The van der Waals surface area contributed by atoms with E-state index in [1.165, 1.54) is 18.2 Å². The Morgan fingerprint density at radius 1 is 0.941 bits per heavy atom. The molecule has 8 nitrogen and oxygen atoms in total. The topological polar surface area (TPSA) is 95.8 Å². The van der Waals surface area contributed by atoms with E-state index < -0.39 is 10.8 Å². The molecule has 1 saturated heterocycles. The smallest absolute Gasteiger partial charge is 0.270 e. The highest BCUT2D eigenvalue weighted by Gasteiger charge is 2.26. The first-order valence-electron chi connectivity index (χ1n) is 10.5. The van der Waals surface area contributed by atoms with Gasteiger partial charge in [0.2, 0.25) is 0 Å². The third-order valence-electron chi connectivity index (χ3n) is 5.57. The second-order valence-corrected chi connectivity index (χ2v) is 8.06. The van der Waals surface area contributed by atoms with Crippen LogP contribution in [-0.4, -0.2) is 47.8 Å². The zero-order chi connectivity index (χ0) is 24.2. The fourth-order valence-corrected chi connectivity index (χ4v) is 4.06. The number of rotatable bonds is 5. The highest BCUT2D eigenvalue weighted by molar-refractivity contribution is 6.34. The fourth-order valence-electron chi connectivity index (χ4n) is 3.80. The van der Waals surface area contributed by atoms with E-state index in [1.807, 2.05) is 4.90 Å². The summed E-state index contributed by atoms with van der Waals surface area (Å²) in [6.07, 6.45) is 0. The van der Waals surface area contributed by atoms with Crippen molar-refractivity contribution >= 4 is 40.5 Å². The molecule has 3 aromatic rings. The van der Waals surface area contributed by atoms with Gasteiger partial charge < -0.3 is 15.1 Å². The molecule has 1 aliphatic rings. The number of carbonyl (C=O) groups is 2. The van der Waals surface area contributed by atoms with Crippen molar-refractivity contribution in [2.24, 2.45) is 0 Å². The van der Waals surface area contributed by atoms with Crippen LogP contribution < -0.4 is 10.2 Å². The zero-order valence-corrected chi connectivity index (χ0v) is 18.7. The molecule has 0 unspecified atom stereocenters. The number of hydrogen-bond donors (Lipinski definition) is 1. The van der Waals surface area contributed by atoms with Crippen molar-refractivity contribution in [2.75, 3.05) is 36.4 Å². The van der Waals surface area contributed by atoms with Crippen LogP contribution in [-0.2, 0) is 0 Å². The van der Waals surface area contributed by atoms with Crippen LogP contribution in [0.4, 0.5) is 21.5 Å². The van der Waals surface area contributed by atoms with Crippen LogP contribution in [0.15, 0.2) is 66.7 Å². The third kappa shape index (κ3) is 4.84. The van der Waals surface area contributed by atoms with Gasteiger partial charge in [-0.25, -0.2) is 4.39 Å². The number of nitro benzene ring substituents is 1. The fraction of sp³-hybridized carbons (Fsp3) is 0.167. The number of hydrogen-bond acceptors (Lipinski definition) is 5. The van der Waals surface area contributed by atoms with Crippen molar-refractivity contribution < 1.29 is 18.9 Å². The molecule has 0 saturated carbocycles. The minimum atomic E-state index is -0.604. The van der Waals surface area contributed by atoms with Gasteiger partial charge in [0.15, 0.2) is 0 Å². The monoisotopic (exact) mass is 482 g/mol. The van der Waals surface area contributed by atoms with Crippen LogP contribution in [0, 0.1) is 15.9 Å². The predicted molar refractivity (Wildman–Crippen MR) is 127 cm³/mol. The lowest BCUT2D eigenvalue weighted by Crippen LogP contribution is -2.49. The molecule has 0 aliphatic carbocycles. The Labute approximate surface area is 199 Å². The molecule has 1 heterocycles. The molecule has 3 aromatic carbocycles. The Bertz CT molecular complexity index is 1260. The van der Waals surface area contributed by atoms with Gasteiger partial charge in [0.1, 0.15) is 5.82 Å². The van der Waals surface area contributed by atoms with Gasteiger partial charge in [0, 0.05) is 38.3 Å². The van der Waals surface area contributed by atoms with Crippen molar-refractivity contribution in [3.05, 3.63) is 98.8 Å². The summed E-state index contributed by atoms with van der Waals surface area (Å²) in [5.74, 6) is -1.16. The maximum atomic E-state index is 14.1. The molecule has 2 amide bonds. The van der Waals surface area contributed by atoms with Gasteiger partial charge in [0.05, 0.1) is 32.4 Å². The number of piperazine rings is 1. The number of nitro groups is 1. The molecule has 1 N–H and O–H groups in total. The van der Waals surface area contributed by atoms with Gasteiger partial charge in [-0.2, -0.15) is 0 Å². The number of amides is 2. The van der Waals surface area contributed by atoms with Gasteiger partial charge in [-0.05, 0) is 30.3 Å². The Morgan fingerprint density at radius 3 is 2.29 bits per heavy atom. The number of para-hydroxylation sites is 2. The molecule has 0 aromatic heterocycles. The van der Waals surface area contributed by atoms with Crippen LogP contribution in [0.25, 0.3) is 0 Å². The SMILES string of the molecule is O=C(Nc1ccccc1C(=O)N1CCN(c2ccccc2F)CC1)c1ccc([N+](=O)[O-])cc1Cl. The molecule has 0 atom stereocenters. The van der Waals surface area contributed by atoms with Crippen LogP contribution in [0.3, 0.4) is 0 Å². The summed E-state index contributed by atoms with van der Waals surface area (Å²) in [6, 6.07) is 16.7. The van der Waals surface area contributed by atoms with Crippen LogP contribution in [0.5, 0.6) is 0 Å². The lowest BCUT2D eigenvalue weighted by Gasteiger charge is -2.36.